The lowest BCUT2D eigenvalue weighted by atomic mass is 10.2. The first-order chi connectivity index (χ1) is 8.69. The van der Waals surface area contributed by atoms with Crippen molar-refractivity contribution in [1.29, 1.82) is 5.26 Å². The Morgan fingerprint density at radius 1 is 1.11 bits per heavy atom. The van der Waals surface area contributed by atoms with E-state index in [0.29, 0.717) is 12.2 Å². The maximum Gasteiger partial charge on any atom is 0.147 e. The number of halogens is 2. The van der Waals surface area contributed by atoms with Crippen molar-refractivity contribution in [1.82, 2.24) is 0 Å². The molecule has 2 nitrogen and oxygen atoms in total. The fourth-order valence-electron chi connectivity index (χ4n) is 1.57. The van der Waals surface area contributed by atoms with E-state index in [2.05, 4.69) is 5.32 Å². The lowest BCUT2D eigenvalue weighted by Crippen LogP contribution is -2.01. The summed E-state index contributed by atoms with van der Waals surface area (Å²) in [5, 5.41) is 11.5. The standard InChI is InChI=1S/C14H10F2N2/c15-12-3-1-2-11(6-12)9-18-14-5-4-10(8-17)7-13(14)16/h1-7,18H,9H2. The summed E-state index contributed by atoms with van der Waals surface area (Å²) in [5.74, 6) is -0.819. The Bertz CT molecular complexity index is 603. The molecule has 0 heterocycles. The molecule has 90 valence electrons. The molecule has 0 aliphatic carbocycles. The molecule has 2 aromatic carbocycles. The molecular weight excluding hydrogens is 234 g/mol. The van der Waals surface area contributed by atoms with Crippen molar-refractivity contribution < 1.29 is 8.78 Å². The summed E-state index contributed by atoms with van der Waals surface area (Å²) in [7, 11) is 0. The third-order valence-electron chi connectivity index (χ3n) is 2.47. The van der Waals surface area contributed by atoms with E-state index in [-0.39, 0.29) is 11.4 Å². The van der Waals surface area contributed by atoms with Gasteiger partial charge >= 0.3 is 0 Å². The molecule has 0 fully saturated rings. The molecule has 1 N–H and O–H groups in total. The van der Waals surface area contributed by atoms with Gasteiger partial charge in [-0.15, -0.1) is 0 Å². The molecule has 0 aromatic heterocycles. The highest BCUT2D eigenvalue weighted by Crippen LogP contribution is 2.16. The fraction of sp³-hybridized carbons (Fsp3) is 0.0714. The molecule has 18 heavy (non-hydrogen) atoms. The third-order valence-corrected chi connectivity index (χ3v) is 2.47. The molecule has 0 atom stereocenters. The van der Waals surface area contributed by atoms with Gasteiger partial charge in [-0.25, -0.2) is 8.78 Å². The number of nitriles is 1. The smallest absolute Gasteiger partial charge is 0.147 e. The zero-order valence-electron chi connectivity index (χ0n) is 9.45. The highest BCUT2D eigenvalue weighted by molar-refractivity contribution is 5.49. The zero-order valence-corrected chi connectivity index (χ0v) is 9.45. The summed E-state index contributed by atoms with van der Waals surface area (Å²) in [5.41, 5.74) is 1.28. The van der Waals surface area contributed by atoms with Crippen molar-refractivity contribution in [3.63, 3.8) is 0 Å². The predicted molar refractivity (Wildman–Crippen MR) is 64.8 cm³/mol. The van der Waals surface area contributed by atoms with Crippen LogP contribution in [0.1, 0.15) is 11.1 Å². The quantitative estimate of drug-likeness (QED) is 0.897. The largest absolute Gasteiger partial charge is 0.379 e. The minimum absolute atomic E-state index is 0.267. The van der Waals surface area contributed by atoms with E-state index in [1.807, 2.05) is 6.07 Å². The van der Waals surface area contributed by atoms with E-state index in [1.54, 1.807) is 12.1 Å². The van der Waals surface area contributed by atoms with Gasteiger partial charge in [0.2, 0.25) is 0 Å². The molecule has 0 radical (unpaired) electrons. The van der Waals surface area contributed by atoms with E-state index < -0.39 is 5.82 Å². The predicted octanol–water partition coefficient (Wildman–Crippen LogP) is 3.45. The molecule has 0 amide bonds. The Kier molecular flexibility index (Phi) is 3.54. The number of nitrogens with zero attached hydrogens (tertiary/aromatic N) is 1. The number of benzene rings is 2. The third kappa shape index (κ3) is 2.83. The highest BCUT2D eigenvalue weighted by atomic mass is 19.1. The Balaban J connectivity index is 2.09. The van der Waals surface area contributed by atoms with Gasteiger partial charge in [0.1, 0.15) is 11.6 Å². The Hall–Kier alpha value is -2.41. The van der Waals surface area contributed by atoms with Crippen LogP contribution in [-0.4, -0.2) is 0 Å². The number of rotatable bonds is 3. The van der Waals surface area contributed by atoms with Crippen molar-refractivity contribution in [2.75, 3.05) is 5.32 Å². The number of hydrogen-bond acceptors (Lipinski definition) is 2. The van der Waals surface area contributed by atoms with Gasteiger partial charge in [0.15, 0.2) is 0 Å². The maximum absolute atomic E-state index is 13.5. The first-order valence-electron chi connectivity index (χ1n) is 5.37. The lowest BCUT2D eigenvalue weighted by Gasteiger charge is -2.07. The van der Waals surface area contributed by atoms with Crippen LogP contribution in [0.5, 0.6) is 0 Å². The van der Waals surface area contributed by atoms with Gasteiger partial charge in [-0.1, -0.05) is 12.1 Å². The van der Waals surface area contributed by atoms with Gasteiger partial charge in [-0.05, 0) is 35.9 Å². The Labute approximate surface area is 103 Å². The molecule has 0 saturated carbocycles. The van der Waals surface area contributed by atoms with Gasteiger partial charge in [-0.2, -0.15) is 5.26 Å². The monoisotopic (exact) mass is 244 g/mol. The van der Waals surface area contributed by atoms with Gasteiger partial charge in [0.05, 0.1) is 17.3 Å². The number of anilines is 1. The Morgan fingerprint density at radius 3 is 2.61 bits per heavy atom. The summed E-state index contributed by atoms with van der Waals surface area (Å²) in [6.45, 7) is 0.320. The van der Waals surface area contributed by atoms with Crippen LogP contribution in [0, 0.1) is 23.0 Å². The molecule has 0 unspecified atom stereocenters. The average Bonchev–Trinajstić information content (AvgIpc) is 2.37. The average molecular weight is 244 g/mol. The van der Waals surface area contributed by atoms with Gasteiger partial charge in [0.25, 0.3) is 0 Å². The summed E-state index contributed by atoms with van der Waals surface area (Å²) in [6, 6.07) is 12.1. The van der Waals surface area contributed by atoms with Crippen LogP contribution >= 0.6 is 0 Å². The van der Waals surface area contributed by atoms with Crippen LogP contribution in [0.15, 0.2) is 42.5 Å². The summed E-state index contributed by atoms with van der Waals surface area (Å²) < 4.78 is 26.5. The topological polar surface area (TPSA) is 35.8 Å². The SMILES string of the molecule is N#Cc1ccc(NCc2cccc(F)c2)c(F)c1. The highest BCUT2D eigenvalue weighted by Gasteiger charge is 2.03. The van der Waals surface area contributed by atoms with E-state index >= 15 is 0 Å². The van der Waals surface area contributed by atoms with E-state index in [9.17, 15) is 8.78 Å². The Morgan fingerprint density at radius 2 is 1.94 bits per heavy atom. The molecule has 0 bridgehead atoms. The van der Waals surface area contributed by atoms with Gasteiger partial charge < -0.3 is 5.32 Å². The van der Waals surface area contributed by atoms with Crippen LogP contribution in [0.25, 0.3) is 0 Å². The maximum atomic E-state index is 13.5. The molecule has 0 aliphatic rings. The van der Waals surface area contributed by atoms with Crippen molar-refractivity contribution in [3.05, 3.63) is 65.2 Å². The second kappa shape index (κ2) is 5.28. The first kappa shape index (κ1) is 12.1. The van der Waals surface area contributed by atoms with Crippen LogP contribution in [0.3, 0.4) is 0 Å². The van der Waals surface area contributed by atoms with Crippen molar-refractivity contribution >= 4 is 5.69 Å². The van der Waals surface area contributed by atoms with E-state index in [0.717, 1.165) is 11.6 Å². The minimum Gasteiger partial charge on any atom is -0.379 e. The molecule has 2 rings (SSSR count). The number of hydrogen-bond donors (Lipinski definition) is 1. The zero-order chi connectivity index (χ0) is 13.0. The molecule has 0 spiro atoms. The van der Waals surface area contributed by atoms with Crippen LogP contribution in [0.2, 0.25) is 0 Å². The second-order valence-corrected chi connectivity index (χ2v) is 3.79. The van der Waals surface area contributed by atoms with Gasteiger partial charge in [0, 0.05) is 6.54 Å². The number of nitrogens with one attached hydrogen (secondary N) is 1. The second-order valence-electron chi connectivity index (χ2n) is 3.79. The molecule has 4 heteroatoms. The molecule has 0 aliphatic heterocycles. The van der Waals surface area contributed by atoms with Crippen LogP contribution in [0.4, 0.5) is 14.5 Å². The van der Waals surface area contributed by atoms with E-state index in [1.165, 1.54) is 24.3 Å². The molecule has 2 aromatic rings. The minimum atomic E-state index is -0.495. The van der Waals surface area contributed by atoms with Gasteiger partial charge in [-0.3, -0.25) is 0 Å². The summed E-state index contributed by atoms with van der Waals surface area (Å²) in [6.07, 6.45) is 0. The summed E-state index contributed by atoms with van der Waals surface area (Å²) in [4.78, 5) is 0. The molecule has 0 saturated heterocycles. The summed E-state index contributed by atoms with van der Waals surface area (Å²) >= 11 is 0. The first-order valence-corrected chi connectivity index (χ1v) is 5.37. The normalized spacial score (nSPS) is 9.83. The van der Waals surface area contributed by atoms with Crippen molar-refractivity contribution in [2.45, 2.75) is 6.54 Å². The van der Waals surface area contributed by atoms with E-state index in [4.69, 9.17) is 5.26 Å². The van der Waals surface area contributed by atoms with Crippen molar-refractivity contribution in [2.24, 2.45) is 0 Å². The van der Waals surface area contributed by atoms with Crippen molar-refractivity contribution in [3.8, 4) is 6.07 Å². The lowest BCUT2D eigenvalue weighted by molar-refractivity contribution is 0.625. The van der Waals surface area contributed by atoms with Crippen LogP contribution < -0.4 is 5.32 Å². The van der Waals surface area contributed by atoms with Crippen LogP contribution in [-0.2, 0) is 6.54 Å². The molecular formula is C14H10F2N2. The fourth-order valence-corrected chi connectivity index (χ4v) is 1.57.